The van der Waals surface area contributed by atoms with E-state index in [4.69, 9.17) is 0 Å². The van der Waals surface area contributed by atoms with E-state index in [9.17, 15) is 10.2 Å². The summed E-state index contributed by atoms with van der Waals surface area (Å²) in [6.45, 7) is 3.70. The lowest BCUT2D eigenvalue weighted by molar-refractivity contribution is -0.124. The molecule has 1 amide bonds. The van der Waals surface area contributed by atoms with Gasteiger partial charge in [-0.2, -0.15) is 5.41 Å². The van der Waals surface area contributed by atoms with Crippen LogP contribution in [-0.4, -0.2) is 18.7 Å². The summed E-state index contributed by atoms with van der Waals surface area (Å²) in [6, 6.07) is 7.43. The van der Waals surface area contributed by atoms with Gasteiger partial charge in [0.2, 0.25) is 5.91 Å². The van der Waals surface area contributed by atoms with Crippen molar-refractivity contribution < 1.29 is 4.79 Å². The van der Waals surface area contributed by atoms with Crippen molar-refractivity contribution in [1.29, 1.82) is 0 Å². The standard InChI is InChI=1S/C13H15N2O/c1-4-13(2)11(14)9-7-5-6-8-10(9)15(3)12(13)16/h5-8H,4H2,1-3H3. The number of rotatable bonds is 1. The normalized spacial score (nSPS) is 24.6. The van der Waals surface area contributed by atoms with Crippen molar-refractivity contribution in [2.24, 2.45) is 5.41 Å². The van der Waals surface area contributed by atoms with Crippen molar-refractivity contribution in [2.45, 2.75) is 20.3 Å². The van der Waals surface area contributed by atoms with E-state index in [1.807, 2.05) is 31.2 Å². The highest BCUT2D eigenvalue weighted by atomic mass is 16.2. The van der Waals surface area contributed by atoms with Crippen molar-refractivity contribution in [3.05, 3.63) is 29.8 Å². The van der Waals surface area contributed by atoms with Gasteiger partial charge in [0.05, 0.1) is 16.8 Å². The first-order chi connectivity index (χ1) is 7.52. The largest absolute Gasteiger partial charge is 0.314 e. The van der Waals surface area contributed by atoms with E-state index in [-0.39, 0.29) is 11.6 Å². The molecule has 0 aliphatic carbocycles. The maximum Gasteiger partial charge on any atom is 0.238 e. The van der Waals surface area contributed by atoms with Crippen LogP contribution in [0.2, 0.25) is 0 Å². The fourth-order valence-electron chi connectivity index (χ4n) is 2.16. The minimum atomic E-state index is -0.789. The van der Waals surface area contributed by atoms with E-state index < -0.39 is 5.41 Å². The summed E-state index contributed by atoms with van der Waals surface area (Å²) in [4.78, 5) is 13.8. The summed E-state index contributed by atoms with van der Waals surface area (Å²) in [5, 5.41) is 10.2. The molecule has 0 saturated heterocycles. The van der Waals surface area contributed by atoms with Crippen LogP contribution in [0.3, 0.4) is 0 Å². The Kier molecular flexibility index (Phi) is 2.34. The predicted molar refractivity (Wildman–Crippen MR) is 64.5 cm³/mol. The van der Waals surface area contributed by atoms with E-state index in [2.05, 4.69) is 0 Å². The zero-order valence-corrected chi connectivity index (χ0v) is 9.82. The molecule has 1 aromatic rings. The second-order valence-electron chi connectivity index (χ2n) is 4.42. The fraction of sp³-hybridized carbons (Fsp3) is 0.385. The van der Waals surface area contributed by atoms with Gasteiger partial charge in [-0.3, -0.25) is 4.79 Å². The molecule has 0 saturated carbocycles. The number of amides is 1. The summed E-state index contributed by atoms with van der Waals surface area (Å²) in [5.41, 5.74) is 0.932. The lowest BCUT2D eigenvalue weighted by atomic mass is 9.75. The molecule has 3 nitrogen and oxygen atoms in total. The molecule has 1 radical (unpaired) electrons. The molecule has 1 aliphatic rings. The summed E-state index contributed by atoms with van der Waals surface area (Å²) in [7, 11) is 1.75. The quantitative estimate of drug-likeness (QED) is 0.702. The van der Waals surface area contributed by atoms with Gasteiger partial charge in [0.25, 0.3) is 0 Å². The number of hydrogen-bond acceptors (Lipinski definition) is 1. The van der Waals surface area contributed by atoms with Crippen molar-refractivity contribution in [2.75, 3.05) is 11.9 Å². The Hall–Kier alpha value is -1.64. The molecule has 2 rings (SSSR count). The van der Waals surface area contributed by atoms with Gasteiger partial charge in [-0.25, -0.2) is 0 Å². The van der Waals surface area contributed by atoms with E-state index in [0.717, 1.165) is 11.3 Å². The van der Waals surface area contributed by atoms with Crippen LogP contribution in [0.4, 0.5) is 5.69 Å². The molecule has 3 heteroatoms. The Bertz CT molecular complexity index is 467. The monoisotopic (exact) mass is 215 g/mol. The van der Waals surface area contributed by atoms with Crippen molar-refractivity contribution in [3.8, 4) is 0 Å². The molecular formula is C13H15N2O. The van der Waals surface area contributed by atoms with Crippen LogP contribution in [0, 0.1) is 5.41 Å². The van der Waals surface area contributed by atoms with Crippen LogP contribution in [-0.2, 0) is 4.79 Å². The second-order valence-corrected chi connectivity index (χ2v) is 4.42. The molecule has 83 valence electrons. The number of carbonyl (C=O) groups is 1. The smallest absolute Gasteiger partial charge is 0.238 e. The summed E-state index contributed by atoms with van der Waals surface area (Å²) in [5.74, 6) is -0.0498. The first-order valence-electron chi connectivity index (χ1n) is 5.46. The number of hydrogen-bond donors (Lipinski definition) is 0. The fourth-order valence-corrected chi connectivity index (χ4v) is 2.16. The van der Waals surface area contributed by atoms with E-state index in [1.54, 1.807) is 18.9 Å². The molecule has 1 atom stereocenters. The average Bonchev–Trinajstić information content (AvgIpc) is 2.33. The van der Waals surface area contributed by atoms with Gasteiger partial charge in [-0.05, 0) is 19.4 Å². The molecule has 0 bridgehead atoms. The van der Waals surface area contributed by atoms with E-state index in [0.29, 0.717) is 6.42 Å². The van der Waals surface area contributed by atoms with Crippen LogP contribution in [0.15, 0.2) is 24.3 Å². The molecular weight excluding hydrogens is 200 g/mol. The third-order valence-corrected chi connectivity index (χ3v) is 3.53. The molecule has 1 heterocycles. The molecule has 1 aliphatic heterocycles. The van der Waals surface area contributed by atoms with Crippen molar-refractivity contribution in [3.63, 3.8) is 0 Å². The molecule has 0 spiro atoms. The Morgan fingerprint density at radius 3 is 2.62 bits per heavy atom. The number of carbonyl (C=O) groups excluding carboxylic acids is 1. The van der Waals surface area contributed by atoms with Gasteiger partial charge >= 0.3 is 0 Å². The van der Waals surface area contributed by atoms with Gasteiger partial charge in [-0.15, -0.1) is 0 Å². The number of benzene rings is 1. The van der Waals surface area contributed by atoms with Gasteiger partial charge < -0.3 is 4.90 Å². The second kappa shape index (κ2) is 3.44. The SMILES string of the molecule is CCC1(C)C(=[N])c2ccccc2N(C)C1=O. The number of para-hydroxylation sites is 1. The van der Waals surface area contributed by atoms with Crippen molar-refractivity contribution in [1.82, 2.24) is 5.41 Å². The van der Waals surface area contributed by atoms with Crippen molar-refractivity contribution >= 4 is 17.3 Å². The minimum Gasteiger partial charge on any atom is -0.314 e. The van der Waals surface area contributed by atoms with E-state index in [1.165, 1.54) is 0 Å². The topological polar surface area (TPSA) is 42.6 Å². The van der Waals surface area contributed by atoms with Crippen LogP contribution < -0.4 is 10.3 Å². The maximum absolute atomic E-state index is 12.2. The van der Waals surface area contributed by atoms with Crippen LogP contribution in [0.5, 0.6) is 0 Å². The van der Waals surface area contributed by atoms with Gasteiger partial charge in [0.1, 0.15) is 0 Å². The molecule has 16 heavy (non-hydrogen) atoms. The van der Waals surface area contributed by atoms with Gasteiger partial charge in [0.15, 0.2) is 0 Å². The molecule has 0 N–H and O–H groups in total. The molecule has 0 fully saturated rings. The Morgan fingerprint density at radius 1 is 1.38 bits per heavy atom. The minimum absolute atomic E-state index is 0.0498. The van der Waals surface area contributed by atoms with Crippen LogP contribution >= 0.6 is 0 Å². The Labute approximate surface area is 95.6 Å². The Balaban J connectivity index is 2.66. The van der Waals surface area contributed by atoms with Gasteiger partial charge in [0, 0.05) is 12.6 Å². The summed E-state index contributed by atoms with van der Waals surface area (Å²) >= 11 is 0. The first-order valence-corrected chi connectivity index (χ1v) is 5.46. The molecule has 1 unspecified atom stereocenters. The number of nitrogens with zero attached hydrogens (tertiary/aromatic N) is 2. The van der Waals surface area contributed by atoms with Crippen LogP contribution in [0.25, 0.3) is 0 Å². The zero-order chi connectivity index (χ0) is 11.9. The summed E-state index contributed by atoms with van der Waals surface area (Å²) < 4.78 is 0. The average molecular weight is 215 g/mol. The number of anilines is 1. The molecule has 0 aromatic heterocycles. The lowest BCUT2D eigenvalue weighted by Gasteiger charge is -2.38. The maximum atomic E-state index is 12.2. The first kappa shape index (κ1) is 10.9. The zero-order valence-electron chi connectivity index (χ0n) is 9.82. The third-order valence-electron chi connectivity index (χ3n) is 3.53. The van der Waals surface area contributed by atoms with Crippen LogP contribution in [0.1, 0.15) is 25.8 Å². The number of fused-ring (bicyclic) bond motifs is 1. The third kappa shape index (κ3) is 1.21. The van der Waals surface area contributed by atoms with Gasteiger partial charge in [-0.1, -0.05) is 25.1 Å². The molecule has 1 aromatic carbocycles. The highest BCUT2D eigenvalue weighted by Crippen LogP contribution is 2.37. The highest BCUT2D eigenvalue weighted by molar-refractivity contribution is 6.25. The highest BCUT2D eigenvalue weighted by Gasteiger charge is 2.44. The predicted octanol–water partition coefficient (Wildman–Crippen LogP) is 1.67. The van der Waals surface area contributed by atoms with E-state index >= 15 is 0 Å². The lowest BCUT2D eigenvalue weighted by Crippen LogP contribution is -2.50. The summed E-state index contributed by atoms with van der Waals surface area (Å²) in [6.07, 6.45) is 0.594. The Morgan fingerprint density at radius 2 is 2.00 bits per heavy atom.